The van der Waals surface area contributed by atoms with Gasteiger partial charge in [-0.05, 0) is 12.8 Å². The molecule has 20 heavy (non-hydrogen) atoms. The number of aromatic nitrogens is 4. The lowest BCUT2D eigenvalue weighted by Gasteiger charge is -2.17. The topological polar surface area (TPSA) is 93.0 Å². The molecule has 0 aromatic carbocycles. The van der Waals surface area contributed by atoms with Crippen LogP contribution in [0.2, 0.25) is 0 Å². The van der Waals surface area contributed by atoms with Crippen LogP contribution in [0.15, 0.2) is 11.1 Å². The average Bonchev–Trinajstić information content (AvgIpc) is 2.93. The summed E-state index contributed by atoms with van der Waals surface area (Å²) in [4.78, 5) is 23.0. The van der Waals surface area contributed by atoms with E-state index in [1.54, 1.807) is 17.8 Å². The van der Waals surface area contributed by atoms with Gasteiger partial charge in [-0.25, -0.2) is 9.97 Å². The Morgan fingerprint density at radius 2 is 2.20 bits per heavy atom. The van der Waals surface area contributed by atoms with Crippen molar-refractivity contribution in [1.29, 1.82) is 0 Å². The Bertz CT molecular complexity index is 692. The number of rotatable bonds is 2. The van der Waals surface area contributed by atoms with Gasteiger partial charge in [-0.15, -0.1) is 0 Å². The number of nitrogens with one attached hydrogen (secondary N) is 1. The van der Waals surface area contributed by atoms with E-state index in [0.29, 0.717) is 17.0 Å². The van der Waals surface area contributed by atoms with Crippen molar-refractivity contribution in [1.82, 2.24) is 19.5 Å². The number of nitrogens with zero attached hydrogens (tertiary/aromatic N) is 3. The van der Waals surface area contributed by atoms with Crippen molar-refractivity contribution in [2.45, 2.75) is 33.1 Å². The van der Waals surface area contributed by atoms with Gasteiger partial charge in [-0.3, -0.25) is 9.36 Å². The van der Waals surface area contributed by atoms with E-state index in [1.807, 2.05) is 0 Å². The molecule has 2 aromatic heterocycles. The van der Waals surface area contributed by atoms with Crippen LogP contribution in [-0.2, 0) is 4.74 Å². The first-order valence-electron chi connectivity index (χ1n) is 6.72. The lowest BCUT2D eigenvalue weighted by Crippen LogP contribution is -2.19. The zero-order chi connectivity index (χ0) is 14.4. The predicted molar refractivity (Wildman–Crippen MR) is 72.2 cm³/mol. The molecule has 3 heterocycles. The first-order valence-corrected chi connectivity index (χ1v) is 6.72. The van der Waals surface area contributed by atoms with Gasteiger partial charge in [0.05, 0.1) is 19.0 Å². The number of aromatic amines is 1. The standard InChI is InChI=1S/C13H18N4O3/c1-6-7(2)13(20-9(6)4-18)17-5-14-10-11(17)15-8(3)16-12(10)19/h5-7,9,13,18H,4H2,1-3H3,(H,15,16,19)/t6-,7+,9+,13+/m0/s1. The van der Waals surface area contributed by atoms with E-state index in [2.05, 4.69) is 28.8 Å². The number of ether oxygens (including phenoxy) is 1. The second-order valence-electron chi connectivity index (χ2n) is 5.44. The van der Waals surface area contributed by atoms with Crippen molar-refractivity contribution in [3.8, 4) is 0 Å². The Balaban J connectivity index is 2.09. The second kappa shape index (κ2) is 4.68. The SMILES string of the molecule is Cc1nc2c(ncn2[C@@H]2O[C@H](CO)[C@@H](C)[C@H]2C)c(=O)[nH]1. The first-order chi connectivity index (χ1) is 9.52. The molecule has 1 saturated heterocycles. The molecular weight excluding hydrogens is 260 g/mol. The molecule has 0 radical (unpaired) electrons. The molecule has 0 unspecified atom stereocenters. The maximum Gasteiger partial charge on any atom is 0.279 e. The zero-order valence-electron chi connectivity index (χ0n) is 11.7. The molecule has 4 atom stereocenters. The van der Waals surface area contributed by atoms with Crippen molar-refractivity contribution in [2.75, 3.05) is 6.61 Å². The maximum atomic E-state index is 11.8. The summed E-state index contributed by atoms with van der Waals surface area (Å²) in [7, 11) is 0. The second-order valence-corrected chi connectivity index (χ2v) is 5.44. The number of hydrogen-bond acceptors (Lipinski definition) is 5. The molecule has 1 aliphatic rings. The van der Waals surface area contributed by atoms with Gasteiger partial charge in [0.25, 0.3) is 5.56 Å². The van der Waals surface area contributed by atoms with Gasteiger partial charge >= 0.3 is 0 Å². The molecule has 7 nitrogen and oxygen atoms in total. The Hall–Kier alpha value is -1.73. The van der Waals surface area contributed by atoms with Gasteiger partial charge < -0.3 is 14.8 Å². The molecule has 3 rings (SSSR count). The third-order valence-corrected chi connectivity index (χ3v) is 4.18. The molecule has 0 aliphatic carbocycles. The maximum absolute atomic E-state index is 11.8. The summed E-state index contributed by atoms with van der Waals surface area (Å²) in [5.74, 6) is 0.971. The monoisotopic (exact) mass is 278 g/mol. The third-order valence-electron chi connectivity index (χ3n) is 4.18. The fourth-order valence-electron chi connectivity index (χ4n) is 2.78. The van der Waals surface area contributed by atoms with Gasteiger partial charge in [0.1, 0.15) is 12.1 Å². The van der Waals surface area contributed by atoms with Gasteiger partial charge in [0.2, 0.25) is 0 Å². The van der Waals surface area contributed by atoms with E-state index in [0.717, 1.165) is 0 Å². The van der Waals surface area contributed by atoms with Crippen LogP contribution in [0.25, 0.3) is 11.2 Å². The smallest absolute Gasteiger partial charge is 0.279 e. The van der Waals surface area contributed by atoms with Crippen LogP contribution in [0, 0.1) is 18.8 Å². The van der Waals surface area contributed by atoms with Gasteiger partial charge in [0.15, 0.2) is 11.2 Å². The molecule has 0 amide bonds. The van der Waals surface area contributed by atoms with Gasteiger partial charge in [-0.1, -0.05) is 13.8 Å². The molecule has 0 spiro atoms. The largest absolute Gasteiger partial charge is 0.394 e. The Labute approximate surface area is 115 Å². The Morgan fingerprint density at radius 3 is 2.85 bits per heavy atom. The highest BCUT2D eigenvalue weighted by atomic mass is 16.5. The van der Waals surface area contributed by atoms with E-state index < -0.39 is 0 Å². The Morgan fingerprint density at radius 1 is 1.45 bits per heavy atom. The molecule has 7 heteroatoms. The summed E-state index contributed by atoms with van der Waals surface area (Å²) >= 11 is 0. The number of hydrogen-bond donors (Lipinski definition) is 2. The van der Waals surface area contributed by atoms with Crippen LogP contribution < -0.4 is 5.56 Å². The van der Waals surface area contributed by atoms with Gasteiger partial charge in [0, 0.05) is 5.92 Å². The number of imidazole rings is 1. The number of aliphatic hydroxyl groups excluding tert-OH is 1. The minimum absolute atomic E-state index is 0.0122. The van der Waals surface area contributed by atoms with Crippen LogP contribution in [-0.4, -0.2) is 37.3 Å². The van der Waals surface area contributed by atoms with Crippen molar-refractivity contribution in [2.24, 2.45) is 11.8 Å². The number of fused-ring (bicyclic) bond motifs is 1. The van der Waals surface area contributed by atoms with Crippen LogP contribution in [0.4, 0.5) is 0 Å². The molecule has 0 bridgehead atoms. The highest BCUT2D eigenvalue weighted by molar-refractivity contribution is 5.69. The lowest BCUT2D eigenvalue weighted by atomic mass is 9.93. The fourth-order valence-corrected chi connectivity index (χ4v) is 2.78. The molecule has 1 aliphatic heterocycles. The molecule has 1 fully saturated rings. The average molecular weight is 278 g/mol. The quantitative estimate of drug-likeness (QED) is 0.838. The highest BCUT2D eigenvalue weighted by Gasteiger charge is 2.40. The zero-order valence-corrected chi connectivity index (χ0v) is 11.7. The summed E-state index contributed by atoms with van der Waals surface area (Å²) in [6.45, 7) is 5.84. The number of aryl methyl sites for hydroxylation is 1. The van der Waals surface area contributed by atoms with Crippen LogP contribution >= 0.6 is 0 Å². The van der Waals surface area contributed by atoms with E-state index in [9.17, 15) is 9.90 Å². The molecule has 0 saturated carbocycles. The fraction of sp³-hybridized carbons (Fsp3) is 0.615. The van der Waals surface area contributed by atoms with Crippen LogP contribution in [0.5, 0.6) is 0 Å². The minimum atomic E-state index is -0.263. The van der Waals surface area contributed by atoms with Crippen molar-refractivity contribution >= 4 is 11.2 Å². The Kier molecular flexibility index (Phi) is 3.10. The third kappa shape index (κ3) is 1.85. The normalized spacial score (nSPS) is 30.2. The van der Waals surface area contributed by atoms with E-state index >= 15 is 0 Å². The minimum Gasteiger partial charge on any atom is -0.394 e. The summed E-state index contributed by atoms with van der Waals surface area (Å²) in [6, 6.07) is 0. The molecule has 2 N–H and O–H groups in total. The number of H-pyrrole nitrogens is 1. The molecular formula is C13H18N4O3. The highest BCUT2D eigenvalue weighted by Crippen LogP contribution is 2.39. The van der Waals surface area contributed by atoms with E-state index in [-0.39, 0.29) is 36.3 Å². The van der Waals surface area contributed by atoms with Crippen LogP contribution in [0.3, 0.4) is 0 Å². The first kappa shape index (κ1) is 13.3. The van der Waals surface area contributed by atoms with Crippen molar-refractivity contribution < 1.29 is 9.84 Å². The van der Waals surface area contributed by atoms with E-state index in [1.165, 1.54) is 0 Å². The van der Waals surface area contributed by atoms with Crippen LogP contribution in [0.1, 0.15) is 25.9 Å². The summed E-state index contributed by atoms with van der Waals surface area (Å²) in [6.07, 6.45) is 1.12. The summed E-state index contributed by atoms with van der Waals surface area (Å²) in [5, 5.41) is 9.35. The molecule has 108 valence electrons. The van der Waals surface area contributed by atoms with Gasteiger partial charge in [-0.2, -0.15) is 0 Å². The van der Waals surface area contributed by atoms with Crippen molar-refractivity contribution in [3.05, 3.63) is 22.5 Å². The lowest BCUT2D eigenvalue weighted by molar-refractivity contribution is -0.0336. The summed E-state index contributed by atoms with van der Waals surface area (Å²) in [5.41, 5.74) is 0.587. The van der Waals surface area contributed by atoms with E-state index in [4.69, 9.17) is 4.74 Å². The predicted octanol–water partition coefficient (Wildman–Crippen LogP) is 0.590. The van der Waals surface area contributed by atoms with Crippen molar-refractivity contribution in [3.63, 3.8) is 0 Å². The number of aliphatic hydroxyl groups is 1. The summed E-state index contributed by atoms with van der Waals surface area (Å²) < 4.78 is 7.67. The molecule has 2 aromatic rings.